The lowest BCUT2D eigenvalue weighted by molar-refractivity contribution is 0.103. The van der Waals surface area contributed by atoms with Crippen LogP contribution >= 0.6 is 0 Å². The molecule has 0 bridgehead atoms. The number of rotatable bonds is 3. The highest BCUT2D eigenvalue weighted by Gasteiger charge is 2.10. The maximum absolute atomic E-state index is 11.6. The van der Waals surface area contributed by atoms with Crippen LogP contribution in [0.2, 0.25) is 0 Å². The summed E-state index contributed by atoms with van der Waals surface area (Å²) in [7, 11) is 1.87. The fourth-order valence-corrected chi connectivity index (χ4v) is 1.41. The zero-order chi connectivity index (χ0) is 12.4. The fraction of sp³-hybridized carbons (Fsp3) is 0.182. The van der Waals surface area contributed by atoms with Gasteiger partial charge in [0.15, 0.2) is 5.82 Å². The summed E-state index contributed by atoms with van der Waals surface area (Å²) < 4.78 is 1.86. The number of hydrogen-bond acceptors (Lipinski definition) is 4. The van der Waals surface area contributed by atoms with Gasteiger partial charge in [-0.3, -0.25) is 9.89 Å². The minimum atomic E-state index is -0.415. The summed E-state index contributed by atoms with van der Waals surface area (Å²) in [5.41, 5.74) is 1.59. The molecule has 0 fully saturated rings. The number of aliphatic hydroxyl groups excluding tert-OH is 1. The van der Waals surface area contributed by atoms with Gasteiger partial charge in [0.05, 0.1) is 0 Å². The van der Waals surface area contributed by atoms with Crippen molar-refractivity contribution in [2.24, 2.45) is 7.05 Å². The Morgan fingerprint density at radius 3 is 2.88 bits per heavy atom. The average Bonchev–Trinajstić information content (AvgIpc) is 2.89. The van der Waals surface area contributed by atoms with E-state index in [-0.39, 0.29) is 11.6 Å². The van der Waals surface area contributed by atoms with Crippen LogP contribution in [0.5, 0.6) is 0 Å². The van der Waals surface area contributed by atoms with E-state index in [1.165, 1.54) is 6.33 Å². The van der Waals surface area contributed by atoms with Gasteiger partial charge in [-0.05, 0) is 13.0 Å². The van der Waals surface area contributed by atoms with Crippen molar-refractivity contribution in [3.05, 3.63) is 41.7 Å². The van der Waals surface area contributed by atoms with E-state index in [2.05, 4.69) is 15.2 Å². The van der Waals surface area contributed by atoms with Crippen LogP contribution in [0.4, 0.5) is 0 Å². The lowest BCUT2D eigenvalue weighted by Crippen LogP contribution is -1.99. The Morgan fingerprint density at radius 2 is 2.35 bits per heavy atom. The van der Waals surface area contributed by atoms with Crippen molar-refractivity contribution in [1.82, 2.24) is 19.7 Å². The largest absolute Gasteiger partial charge is 0.507 e. The van der Waals surface area contributed by atoms with E-state index in [0.717, 1.165) is 11.8 Å². The second-order valence-electron chi connectivity index (χ2n) is 3.71. The standard InChI is InChI=1S/C11H12N4O2/c1-7-3-8(5-15(7)2)9(16)4-10(17)11-12-6-13-14-11/h3-6,16H,1-2H3,(H,12,13,14). The van der Waals surface area contributed by atoms with Crippen LogP contribution in [0, 0.1) is 6.92 Å². The number of aromatic amines is 1. The highest BCUT2D eigenvalue weighted by molar-refractivity contribution is 6.05. The Hall–Kier alpha value is -2.37. The van der Waals surface area contributed by atoms with Crippen LogP contribution in [0.25, 0.3) is 5.76 Å². The number of aromatic nitrogens is 4. The predicted octanol–water partition coefficient (Wildman–Crippen LogP) is 1.23. The second kappa shape index (κ2) is 4.25. The van der Waals surface area contributed by atoms with Crippen LogP contribution in [-0.4, -0.2) is 30.6 Å². The fourth-order valence-electron chi connectivity index (χ4n) is 1.41. The van der Waals surface area contributed by atoms with Gasteiger partial charge in [-0.2, -0.15) is 5.10 Å². The number of carbonyl (C=O) groups is 1. The molecule has 17 heavy (non-hydrogen) atoms. The number of nitrogens with one attached hydrogen (secondary N) is 1. The molecule has 0 aromatic carbocycles. The number of carbonyl (C=O) groups excluding carboxylic acids is 1. The molecule has 0 spiro atoms. The smallest absolute Gasteiger partial charge is 0.226 e. The van der Waals surface area contributed by atoms with E-state index in [9.17, 15) is 9.90 Å². The van der Waals surface area contributed by atoms with Gasteiger partial charge in [0, 0.05) is 30.6 Å². The Bertz CT molecular complexity index is 547. The van der Waals surface area contributed by atoms with E-state index < -0.39 is 5.78 Å². The van der Waals surface area contributed by atoms with E-state index >= 15 is 0 Å². The molecular weight excluding hydrogens is 220 g/mol. The summed E-state index contributed by atoms with van der Waals surface area (Å²) in [6.45, 7) is 1.91. The normalized spacial score (nSPS) is 11.8. The molecule has 2 N–H and O–H groups in total. The van der Waals surface area contributed by atoms with Gasteiger partial charge in [0.2, 0.25) is 5.78 Å². The van der Waals surface area contributed by atoms with E-state index in [4.69, 9.17) is 0 Å². The minimum absolute atomic E-state index is 0.0879. The van der Waals surface area contributed by atoms with Gasteiger partial charge in [-0.25, -0.2) is 4.98 Å². The molecule has 6 nitrogen and oxygen atoms in total. The summed E-state index contributed by atoms with van der Waals surface area (Å²) >= 11 is 0. The van der Waals surface area contributed by atoms with Gasteiger partial charge in [-0.1, -0.05) is 0 Å². The lowest BCUT2D eigenvalue weighted by atomic mass is 10.2. The molecule has 0 aliphatic carbocycles. The van der Waals surface area contributed by atoms with Crippen LogP contribution in [-0.2, 0) is 7.05 Å². The quantitative estimate of drug-likeness (QED) is 0.473. The van der Waals surface area contributed by atoms with Crippen molar-refractivity contribution in [3.8, 4) is 0 Å². The Kier molecular flexibility index (Phi) is 2.78. The molecule has 0 radical (unpaired) electrons. The first-order valence-corrected chi connectivity index (χ1v) is 5.01. The number of ketones is 1. The number of allylic oxidation sites excluding steroid dienone is 1. The molecule has 88 valence electrons. The molecule has 0 aliphatic heterocycles. The van der Waals surface area contributed by atoms with Crippen molar-refractivity contribution in [3.63, 3.8) is 0 Å². The molecule has 0 aliphatic rings. The van der Waals surface area contributed by atoms with E-state index in [1.54, 1.807) is 12.3 Å². The molecule has 6 heteroatoms. The maximum Gasteiger partial charge on any atom is 0.226 e. The van der Waals surface area contributed by atoms with Crippen molar-refractivity contribution >= 4 is 11.5 Å². The predicted molar refractivity (Wildman–Crippen MR) is 61.5 cm³/mol. The third-order valence-corrected chi connectivity index (χ3v) is 2.47. The summed E-state index contributed by atoms with van der Waals surface area (Å²) in [4.78, 5) is 15.3. The van der Waals surface area contributed by atoms with Crippen molar-refractivity contribution in [2.75, 3.05) is 0 Å². The van der Waals surface area contributed by atoms with Gasteiger partial charge in [0.1, 0.15) is 12.1 Å². The van der Waals surface area contributed by atoms with Crippen molar-refractivity contribution in [1.29, 1.82) is 0 Å². The number of aryl methyl sites for hydroxylation is 2. The molecule has 2 rings (SSSR count). The van der Waals surface area contributed by atoms with Crippen LogP contribution in [0.15, 0.2) is 24.7 Å². The molecular formula is C11H12N4O2. The van der Waals surface area contributed by atoms with Crippen molar-refractivity contribution < 1.29 is 9.90 Å². The van der Waals surface area contributed by atoms with Crippen LogP contribution in [0.1, 0.15) is 21.9 Å². The highest BCUT2D eigenvalue weighted by Crippen LogP contribution is 2.14. The van der Waals surface area contributed by atoms with E-state index in [1.807, 2.05) is 18.5 Å². The van der Waals surface area contributed by atoms with Gasteiger partial charge in [-0.15, -0.1) is 0 Å². The topological polar surface area (TPSA) is 83.8 Å². The van der Waals surface area contributed by atoms with E-state index in [0.29, 0.717) is 5.56 Å². The Morgan fingerprint density at radius 1 is 1.59 bits per heavy atom. The molecule has 0 amide bonds. The van der Waals surface area contributed by atoms with Gasteiger partial charge in [0.25, 0.3) is 0 Å². The van der Waals surface area contributed by atoms with Gasteiger partial charge < -0.3 is 9.67 Å². The summed E-state index contributed by atoms with van der Waals surface area (Å²) in [6, 6.07) is 1.79. The van der Waals surface area contributed by atoms with Crippen LogP contribution in [0.3, 0.4) is 0 Å². The second-order valence-corrected chi connectivity index (χ2v) is 3.71. The SMILES string of the molecule is Cc1cc(C(O)=CC(=O)c2ncn[nH]2)cn1C. The Balaban J connectivity index is 2.25. The molecule has 0 saturated carbocycles. The molecule has 0 atom stereocenters. The van der Waals surface area contributed by atoms with Crippen LogP contribution < -0.4 is 0 Å². The third-order valence-electron chi connectivity index (χ3n) is 2.47. The average molecular weight is 232 g/mol. The first-order valence-electron chi connectivity index (χ1n) is 5.01. The monoisotopic (exact) mass is 232 g/mol. The summed E-state index contributed by atoms with van der Waals surface area (Å²) in [5, 5.41) is 15.8. The number of aliphatic hydroxyl groups is 1. The first kappa shape index (κ1) is 11.1. The van der Waals surface area contributed by atoms with Crippen molar-refractivity contribution in [2.45, 2.75) is 6.92 Å². The molecule has 2 aromatic rings. The molecule has 0 saturated heterocycles. The first-order chi connectivity index (χ1) is 8.08. The minimum Gasteiger partial charge on any atom is -0.507 e. The zero-order valence-corrected chi connectivity index (χ0v) is 9.51. The number of hydrogen-bond donors (Lipinski definition) is 2. The molecule has 2 aromatic heterocycles. The molecule has 2 heterocycles. The lowest BCUT2D eigenvalue weighted by Gasteiger charge is -1.94. The van der Waals surface area contributed by atoms with Gasteiger partial charge >= 0.3 is 0 Å². The third kappa shape index (κ3) is 2.25. The molecule has 0 unspecified atom stereocenters. The number of H-pyrrole nitrogens is 1. The Labute approximate surface area is 97.6 Å². The summed E-state index contributed by atoms with van der Waals surface area (Å²) in [5.74, 6) is -0.402. The summed E-state index contributed by atoms with van der Waals surface area (Å²) in [6.07, 6.45) is 4.11. The highest BCUT2D eigenvalue weighted by atomic mass is 16.3. The maximum atomic E-state index is 11.6. The zero-order valence-electron chi connectivity index (χ0n) is 9.51. The number of nitrogens with zero attached hydrogens (tertiary/aromatic N) is 3.